The Labute approximate surface area is 200 Å². The molecule has 1 N–H and O–H groups in total. The number of carbonyl (C=O) groups is 1. The van der Waals surface area contributed by atoms with Crippen molar-refractivity contribution in [2.24, 2.45) is 0 Å². The van der Waals surface area contributed by atoms with E-state index in [1.165, 1.54) is 18.2 Å². The standard InChI is InChI=1S/C22H16Cl2F5N3O2/c1-2-16-17(19(33)30-11-21(25,26)12-6-8-14(23)9-7-12)20(32-31-18(16)24)34-15-5-3-4-13(10-15)22(27,28)29/h3-10H,2,11H2,1H3,(H,30,33). The smallest absolute Gasteiger partial charge is 0.416 e. The molecule has 1 aromatic heterocycles. The Kier molecular flexibility index (Phi) is 7.62. The Morgan fingerprint density at radius 1 is 1.00 bits per heavy atom. The van der Waals surface area contributed by atoms with Crippen LogP contribution in [0, 0.1) is 0 Å². The van der Waals surface area contributed by atoms with Crippen LogP contribution in [0.1, 0.15) is 34.0 Å². The molecule has 0 aliphatic heterocycles. The zero-order valence-electron chi connectivity index (χ0n) is 17.4. The summed E-state index contributed by atoms with van der Waals surface area (Å²) < 4.78 is 73.6. The van der Waals surface area contributed by atoms with E-state index in [1.807, 2.05) is 0 Å². The molecule has 0 saturated heterocycles. The van der Waals surface area contributed by atoms with Gasteiger partial charge in [0.1, 0.15) is 11.3 Å². The molecule has 0 bridgehead atoms. The maximum absolute atomic E-state index is 14.6. The lowest BCUT2D eigenvalue weighted by molar-refractivity contribution is -0.137. The van der Waals surface area contributed by atoms with Gasteiger partial charge in [-0.1, -0.05) is 48.3 Å². The van der Waals surface area contributed by atoms with Crippen LogP contribution in [0.4, 0.5) is 22.0 Å². The second kappa shape index (κ2) is 10.1. The van der Waals surface area contributed by atoms with Crippen molar-refractivity contribution in [3.8, 4) is 11.6 Å². The van der Waals surface area contributed by atoms with Crippen molar-refractivity contribution < 1.29 is 31.5 Å². The maximum atomic E-state index is 14.6. The van der Waals surface area contributed by atoms with Crippen molar-refractivity contribution in [3.63, 3.8) is 0 Å². The van der Waals surface area contributed by atoms with Crippen molar-refractivity contribution in [2.75, 3.05) is 6.54 Å². The average molecular weight is 520 g/mol. The molecule has 0 saturated carbocycles. The molecule has 1 amide bonds. The van der Waals surface area contributed by atoms with Gasteiger partial charge in [-0.15, -0.1) is 10.2 Å². The van der Waals surface area contributed by atoms with E-state index in [0.717, 1.165) is 24.3 Å². The first-order valence-corrected chi connectivity index (χ1v) is 10.5. The lowest BCUT2D eigenvalue weighted by atomic mass is 10.1. The van der Waals surface area contributed by atoms with Crippen LogP contribution in [0.2, 0.25) is 10.2 Å². The number of nitrogens with one attached hydrogen (secondary N) is 1. The highest BCUT2D eigenvalue weighted by atomic mass is 35.5. The Morgan fingerprint density at radius 2 is 1.68 bits per heavy atom. The number of ether oxygens (including phenoxy) is 1. The van der Waals surface area contributed by atoms with Crippen LogP contribution >= 0.6 is 23.2 Å². The van der Waals surface area contributed by atoms with Gasteiger partial charge in [0, 0.05) is 16.1 Å². The summed E-state index contributed by atoms with van der Waals surface area (Å²) in [4.78, 5) is 12.9. The van der Waals surface area contributed by atoms with Crippen molar-refractivity contribution in [3.05, 3.63) is 81.0 Å². The molecule has 12 heteroatoms. The second-order valence-corrected chi connectivity index (χ2v) is 7.82. The number of benzene rings is 2. The molecular formula is C22H16Cl2F5N3O2. The molecule has 0 atom stereocenters. The first kappa shape index (κ1) is 25.6. The summed E-state index contributed by atoms with van der Waals surface area (Å²) in [5.74, 6) is -5.22. The molecule has 0 fully saturated rings. The summed E-state index contributed by atoms with van der Waals surface area (Å²) in [5, 5.41) is 9.52. The van der Waals surface area contributed by atoms with E-state index >= 15 is 0 Å². The number of aromatic nitrogens is 2. The van der Waals surface area contributed by atoms with Crippen LogP contribution in [0.5, 0.6) is 11.6 Å². The molecule has 34 heavy (non-hydrogen) atoms. The Hall–Kier alpha value is -2.98. The third kappa shape index (κ3) is 5.92. The molecular weight excluding hydrogens is 504 g/mol. The van der Waals surface area contributed by atoms with Crippen LogP contribution < -0.4 is 10.1 Å². The van der Waals surface area contributed by atoms with E-state index in [0.29, 0.717) is 6.07 Å². The second-order valence-electron chi connectivity index (χ2n) is 7.02. The van der Waals surface area contributed by atoms with E-state index in [9.17, 15) is 26.7 Å². The lowest BCUT2D eigenvalue weighted by Gasteiger charge is -2.19. The molecule has 3 aromatic rings. The van der Waals surface area contributed by atoms with Gasteiger partial charge in [-0.2, -0.15) is 22.0 Å². The predicted octanol–water partition coefficient (Wildman–Crippen LogP) is 6.68. The molecule has 0 unspecified atom stereocenters. The molecule has 180 valence electrons. The molecule has 5 nitrogen and oxygen atoms in total. The minimum Gasteiger partial charge on any atom is -0.437 e. The van der Waals surface area contributed by atoms with Gasteiger partial charge in [-0.25, -0.2) is 0 Å². The Morgan fingerprint density at radius 3 is 2.29 bits per heavy atom. The fraction of sp³-hybridized carbons (Fsp3) is 0.227. The number of hydrogen-bond donors (Lipinski definition) is 1. The average Bonchev–Trinajstić information content (AvgIpc) is 2.78. The van der Waals surface area contributed by atoms with Gasteiger partial charge < -0.3 is 10.1 Å². The zero-order chi connectivity index (χ0) is 25.1. The number of nitrogens with zero attached hydrogens (tertiary/aromatic N) is 2. The predicted molar refractivity (Wildman–Crippen MR) is 116 cm³/mol. The van der Waals surface area contributed by atoms with Crippen LogP contribution in [-0.2, 0) is 18.5 Å². The van der Waals surface area contributed by atoms with E-state index in [1.54, 1.807) is 6.92 Å². The van der Waals surface area contributed by atoms with Crippen molar-refractivity contribution >= 4 is 29.1 Å². The van der Waals surface area contributed by atoms with Gasteiger partial charge >= 0.3 is 6.18 Å². The minimum absolute atomic E-state index is 0.131. The summed E-state index contributed by atoms with van der Waals surface area (Å²) in [5.41, 5.74) is -1.55. The van der Waals surface area contributed by atoms with Crippen LogP contribution in [-0.4, -0.2) is 22.6 Å². The van der Waals surface area contributed by atoms with E-state index in [4.69, 9.17) is 27.9 Å². The topological polar surface area (TPSA) is 64.1 Å². The molecule has 0 radical (unpaired) electrons. The van der Waals surface area contributed by atoms with Crippen LogP contribution in [0.15, 0.2) is 48.5 Å². The van der Waals surface area contributed by atoms with Gasteiger partial charge in [0.05, 0.1) is 12.1 Å². The summed E-state index contributed by atoms with van der Waals surface area (Å²) in [6, 6.07) is 8.69. The summed E-state index contributed by atoms with van der Waals surface area (Å²) in [6.07, 6.45) is -4.49. The zero-order valence-corrected chi connectivity index (χ0v) is 18.9. The van der Waals surface area contributed by atoms with E-state index < -0.39 is 36.0 Å². The highest BCUT2D eigenvalue weighted by Crippen LogP contribution is 2.34. The largest absolute Gasteiger partial charge is 0.437 e. The quantitative estimate of drug-likeness (QED) is 0.353. The van der Waals surface area contributed by atoms with Crippen molar-refractivity contribution in [1.82, 2.24) is 15.5 Å². The molecule has 3 rings (SSSR count). The summed E-state index contributed by atoms with van der Waals surface area (Å²) >= 11 is 11.7. The molecule has 0 aliphatic rings. The van der Waals surface area contributed by atoms with Gasteiger partial charge in [-0.05, 0) is 36.8 Å². The van der Waals surface area contributed by atoms with E-state index in [-0.39, 0.29) is 39.0 Å². The molecule has 0 aliphatic carbocycles. The number of amides is 1. The number of rotatable bonds is 7. The first-order valence-electron chi connectivity index (χ1n) is 9.74. The van der Waals surface area contributed by atoms with Gasteiger partial charge in [0.25, 0.3) is 17.7 Å². The lowest BCUT2D eigenvalue weighted by Crippen LogP contribution is -2.35. The van der Waals surface area contributed by atoms with Crippen molar-refractivity contribution in [1.29, 1.82) is 0 Å². The van der Waals surface area contributed by atoms with Crippen molar-refractivity contribution in [2.45, 2.75) is 25.4 Å². The fourth-order valence-electron chi connectivity index (χ4n) is 2.98. The molecule has 2 aromatic carbocycles. The Bertz CT molecular complexity index is 1190. The Balaban J connectivity index is 1.90. The normalized spacial score (nSPS) is 11.9. The van der Waals surface area contributed by atoms with Crippen LogP contribution in [0.3, 0.4) is 0 Å². The third-order valence-electron chi connectivity index (χ3n) is 4.69. The number of carbonyl (C=O) groups excluding carboxylic acids is 1. The third-order valence-corrected chi connectivity index (χ3v) is 5.24. The maximum Gasteiger partial charge on any atom is 0.416 e. The summed E-state index contributed by atoms with van der Waals surface area (Å²) in [6.45, 7) is 0.537. The number of alkyl halides is 5. The van der Waals surface area contributed by atoms with Gasteiger partial charge in [-0.3, -0.25) is 4.79 Å². The summed E-state index contributed by atoms with van der Waals surface area (Å²) in [7, 11) is 0. The van der Waals surface area contributed by atoms with Gasteiger partial charge in [0.15, 0.2) is 5.15 Å². The highest BCUT2D eigenvalue weighted by molar-refractivity contribution is 6.31. The SMILES string of the molecule is CCc1c(Cl)nnc(Oc2cccc(C(F)(F)F)c2)c1C(=O)NCC(F)(F)c1ccc(Cl)cc1. The number of hydrogen-bond acceptors (Lipinski definition) is 4. The van der Waals surface area contributed by atoms with Crippen LogP contribution in [0.25, 0.3) is 0 Å². The highest BCUT2D eigenvalue weighted by Gasteiger charge is 2.34. The molecule has 1 heterocycles. The van der Waals surface area contributed by atoms with E-state index in [2.05, 4.69) is 15.5 Å². The van der Waals surface area contributed by atoms with Gasteiger partial charge in [0.2, 0.25) is 0 Å². The first-order chi connectivity index (χ1) is 15.9. The molecule has 0 spiro atoms. The number of halogens is 7. The monoisotopic (exact) mass is 519 g/mol. The minimum atomic E-state index is -4.63. The fourth-order valence-corrected chi connectivity index (χ4v) is 3.38.